The third-order valence-electron chi connectivity index (χ3n) is 2.98. The molecule has 7 heteroatoms. The molecule has 1 atom stereocenters. The molecule has 0 bridgehead atoms. The van der Waals surface area contributed by atoms with Gasteiger partial charge in [0, 0.05) is 5.56 Å². The minimum Gasteiger partial charge on any atom is -0.497 e. The van der Waals surface area contributed by atoms with Crippen LogP contribution in [0.3, 0.4) is 0 Å². The first kappa shape index (κ1) is 15.5. The second kappa shape index (κ2) is 6.71. The Morgan fingerprint density at radius 1 is 1.24 bits per heavy atom. The molecular formula is C14H18N4O2S. The van der Waals surface area contributed by atoms with Crippen molar-refractivity contribution in [1.82, 2.24) is 20.2 Å². The lowest BCUT2D eigenvalue weighted by Gasteiger charge is -2.12. The molecule has 0 aliphatic carbocycles. The maximum atomic E-state index is 12.4. The molecule has 0 saturated heterocycles. The number of benzene rings is 1. The first-order valence-corrected chi connectivity index (χ1v) is 7.53. The number of Topliss-reactive ketones (excluding diaryl/α,β-unsaturated/α-hetero) is 1. The number of nitrogens with zero attached hydrogens (tertiary/aromatic N) is 4. The van der Waals surface area contributed by atoms with E-state index >= 15 is 0 Å². The van der Waals surface area contributed by atoms with Crippen molar-refractivity contribution in [3.8, 4) is 5.75 Å². The predicted octanol–water partition coefficient (Wildman–Crippen LogP) is 2.63. The van der Waals surface area contributed by atoms with Crippen molar-refractivity contribution in [3.63, 3.8) is 0 Å². The number of ether oxygens (including phenoxy) is 1. The number of rotatable bonds is 6. The number of ketones is 1. The zero-order valence-corrected chi connectivity index (χ0v) is 13.3. The summed E-state index contributed by atoms with van der Waals surface area (Å²) in [4.78, 5) is 12.4. The van der Waals surface area contributed by atoms with Gasteiger partial charge < -0.3 is 4.74 Å². The van der Waals surface area contributed by atoms with Gasteiger partial charge in [-0.05, 0) is 55.5 Å². The second-order valence-corrected chi connectivity index (χ2v) is 6.16. The molecule has 0 N–H and O–H groups in total. The topological polar surface area (TPSA) is 69.9 Å². The Morgan fingerprint density at radius 2 is 1.90 bits per heavy atom. The van der Waals surface area contributed by atoms with Crippen LogP contribution in [0.25, 0.3) is 0 Å². The molecule has 1 aromatic carbocycles. The summed E-state index contributed by atoms with van der Waals surface area (Å²) in [6.45, 7) is 5.85. The molecule has 1 aromatic heterocycles. The van der Waals surface area contributed by atoms with Crippen molar-refractivity contribution < 1.29 is 9.53 Å². The van der Waals surface area contributed by atoms with Crippen LogP contribution in [0.15, 0.2) is 29.4 Å². The highest BCUT2D eigenvalue weighted by molar-refractivity contribution is 8.00. The molecule has 21 heavy (non-hydrogen) atoms. The molecule has 0 radical (unpaired) electrons. The van der Waals surface area contributed by atoms with E-state index in [1.54, 1.807) is 36.1 Å². The highest BCUT2D eigenvalue weighted by Gasteiger charge is 2.20. The van der Waals surface area contributed by atoms with Crippen molar-refractivity contribution in [2.45, 2.75) is 37.2 Å². The summed E-state index contributed by atoms with van der Waals surface area (Å²) in [5.41, 5.74) is 0.652. The SMILES string of the molecule is COc1ccc(C(=O)[C@@H](C)Sc2nnnn2C(C)C)cc1. The van der Waals surface area contributed by atoms with Gasteiger partial charge in [-0.1, -0.05) is 11.8 Å². The van der Waals surface area contributed by atoms with E-state index in [9.17, 15) is 4.79 Å². The molecule has 2 aromatic rings. The first-order chi connectivity index (χ1) is 10.0. The normalized spacial score (nSPS) is 12.4. The van der Waals surface area contributed by atoms with E-state index in [0.717, 1.165) is 5.75 Å². The second-order valence-electron chi connectivity index (χ2n) is 4.85. The van der Waals surface area contributed by atoms with Gasteiger partial charge in [-0.25, -0.2) is 4.68 Å². The summed E-state index contributed by atoms with van der Waals surface area (Å²) < 4.78 is 6.80. The number of carbonyl (C=O) groups is 1. The molecule has 6 nitrogen and oxygen atoms in total. The standard InChI is InChI=1S/C14H18N4O2S/c1-9(2)18-14(15-16-17-18)21-10(3)13(19)11-5-7-12(20-4)8-6-11/h5-10H,1-4H3/t10-/m1/s1. The number of methoxy groups -OCH3 is 1. The molecule has 0 aliphatic rings. The number of thioether (sulfide) groups is 1. The average molecular weight is 306 g/mol. The van der Waals surface area contributed by atoms with Gasteiger partial charge in [-0.3, -0.25) is 4.79 Å². The lowest BCUT2D eigenvalue weighted by molar-refractivity contribution is 0.0993. The van der Waals surface area contributed by atoms with Crippen LogP contribution < -0.4 is 4.74 Å². The minimum atomic E-state index is -0.262. The zero-order chi connectivity index (χ0) is 15.4. The average Bonchev–Trinajstić information content (AvgIpc) is 2.95. The molecule has 2 rings (SSSR count). The Morgan fingerprint density at radius 3 is 2.48 bits per heavy atom. The van der Waals surface area contributed by atoms with E-state index < -0.39 is 0 Å². The fraction of sp³-hybridized carbons (Fsp3) is 0.429. The summed E-state index contributed by atoms with van der Waals surface area (Å²) in [7, 11) is 1.60. The van der Waals surface area contributed by atoms with Crippen LogP contribution in [0.5, 0.6) is 5.75 Å². The van der Waals surface area contributed by atoms with Gasteiger partial charge in [0.15, 0.2) is 5.78 Å². The van der Waals surface area contributed by atoms with Gasteiger partial charge >= 0.3 is 0 Å². The Labute approximate surface area is 127 Å². The number of hydrogen-bond donors (Lipinski definition) is 0. The van der Waals surface area contributed by atoms with E-state index in [2.05, 4.69) is 15.5 Å². The zero-order valence-electron chi connectivity index (χ0n) is 12.5. The van der Waals surface area contributed by atoms with Crippen LogP contribution in [0.2, 0.25) is 0 Å². The van der Waals surface area contributed by atoms with E-state index in [0.29, 0.717) is 10.7 Å². The van der Waals surface area contributed by atoms with Crippen LogP contribution in [-0.4, -0.2) is 38.4 Å². The molecule has 0 amide bonds. The summed E-state index contributed by atoms with van der Waals surface area (Å²) in [5, 5.41) is 12.0. The third-order valence-corrected chi connectivity index (χ3v) is 4.02. The van der Waals surface area contributed by atoms with Gasteiger partial charge in [0.2, 0.25) is 5.16 Å². The fourth-order valence-corrected chi connectivity index (χ4v) is 2.79. The van der Waals surface area contributed by atoms with E-state index in [-0.39, 0.29) is 17.1 Å². The minimum absolute atomic E-state index is 0.0426. The maximum Gasteiger partial charge on any atom is 0.210 e. The summed E-state index contributed by atoms with van der Waals surface area (Å²) in [6, 6.07) is 7.25. The van der Waals surface area contributed by atoms with Crippen LogP contribution in [0, 0.1) is 0 Å². The Balaban J connectivity index is 2.10. The Hall–Kier alpha value is -1.89. The molecule has 0 aliphatic heterocycles. The predicted molar refractivity (Wildman–Crippen MR) is 80.8 cm³/mol. The van der Waals surface area contributed by atoms with Gasteiger partial charge in [0.05, 0.1) is 18.4 Å². The van der Waals surface area contributed by atoms with Crippen LogP contribution in [0.4, 0.5) is 0 Å². The van der Waals surface area contributed by atoms with Crippen LogP contribution in [0.1, 0.15) is 37.2 Å². The largest absolute Gasteiger partial charge is 0.497 e. The monoisotopic (exact) mass is 306 g/mol. The number of hydrogen-bond acceptors (Lipinski definition) is 6. The van der Waals surface area contributed by atoms with Crippen molar-refractivity contribution in [2.24, 2.45) is 0 Å². The van der Waals surface area contributed by atoms with Crippen molar-refractivity contribution >= 4 is 17.5 Å². The third kappa shape index (κ3) is 3.60. The van der Waals surface area contributed by atoms with Gasteiger partial charge in [-0.2, -0.15) is 0 Å². The van der Waals surface area contributed by atoms with Crippen molar-refractivity contribution in [2.75, 3.05) is 7.11 Å². The smallest absolute Gasteiger partial charge is 0.210 e. The lowest BCUT2D eigenvalue weighted by atomic mass is 10.1. The van der Waals surface area contributed by atoms with Gasteiger partial charge in [0.1, 0.15) is 5.75 Å². The highest BCUT2D eigenvalue weighted by atomic mass is 32.2. The van der Waals surface area contributed by atoms with E-state index in [4.69, 9.17) is 4.74 Å². The maximum absolute atomic E-state index is 12.4. The lowest BCUT2D eigenvalue weighted by Crippen LogP contribution is -2.15. The quantitative estimate of drug-likeness (QED) is 0.603. The summed E-state index contributed by atoms with van der Waals surface area (Å²) in [6.07, 6.45) is 0. The van der Waals surface area contributed by atoms with E-state index in [1.807, 2.05) is 20.8 Å². The molecular weight excluding hydrogens is 288 g/mol. The van der Waals surface area contributed by atoms with Gasteiger partial charge in [-0.15, -0.1) is 5.10 Å². The Kier molecular flexibility index (Phi) is 4.95. The molecule has 0 fully saturated rings. The first-order valence-electron chi connectivity index (χ1n) is 6.65. The molecule has 0 saturated carbocycles. The highest BCUT2D eigenvalue weighted by Crippen LogP contribution is 2.25. The number of aromatic nitrogens is 4. The van der Waals surface area contributed by atoms with Crippen molar-refractivity contribution in [3.05, 3.63) is 29.8 Å². The van der Waals surface area contributed by atoms with Gasteiger partial charge in [0.25, 0.3) is 0 Å². The summed E-state index contributed by atoms with van der Waals surface area (Å²) in [5.74, 6) is 0.775. The van der Waals surface area contributed by atoms with Crippen molar-refractivity contribution in [1.29, 1.82) is 0 Å². The van der Waals surface area contributed by atoms with Crippen LogP contribution in [-0.2, 0) is 0 Å². The molecule has 112 valence electrons. The number of carbonyl (C=O) groups excluding carboxylic acids is 1. The van der Waals surface area contributed by atoms with Crippen LogP contribution >= 0.6 is 11.8 Å². The summed E-state index contributed by atoms with van der Waals surface area (Å²) >= 11 is 1.36. The molecule has 0 unspecified atom stereocenters. The Bertz CT molecular complexity index is 610. The molecule has 0 spiro atoms. The number of tetrazole rings is 1. The van der Waals surface area contributed by atoms with E-state index in [1.165, 1.54) is 11.8 Å². The molecule has 1 heterocycles. The fourth-order valence-electron chi connectivity index (χ4n) is 1.79.